The Labute approximate surface area is 164 Å². The number of rotatable bonds is 5. The molecule has 0 aromatic heterocycles. The van der Waals surface area contributed by atoms with Gasteiger partial charge in [0.05, 0.1) is 0 Å². The van der Waals surface area contributed by atoms with Gasteiger partial charge in [-0.3, -0.25) is 19.7 Å². The predicted octanol–water partition coefficient (Wildman–Crippen LogP) is 1.75. The Bertz CT molecular complexity index is 792. The molecular formula is C21H27N3O4. The van der Waals surface area contributed by atoms with Gasteiger partial charge in [0.15, 0.2) is 0 Å². The molecule has 1 aromatic carbocycles. The number of imide groups is 1. The maximum atomic E-state index is 12.8. The maximum absolute atomic E-state index is 12.8. The first-order valence-electron chi connectivity index (χ1n) is 10.2. The summed E-state index contributed by atoms with van der Waals surface area (Å²) in [6.07, 6.45) is 5.30. The van der Waals surface area contributed by atoms with E-state index in [0.29, 0.717) is 24.6 Å². The fraction of sp³-hybridized carbons (Fsp3) is 0.571. The number of piperidine rings is 1. The normalized spacial score (nSPS) is 27.5. The molecule has 7 nitrogen and oxygen atoms in total. The third-order valence-corrected chi connectivity index (χ3v) is 5.95. The number of carbonyl (C=O) groups excluding carboxylic acids is 3. The fourth-order valence-corrected chi connectivity index (χ4v) is 4.53. The van der Waals surface area contributed by atoms with Crippen LogP contribution in [0.15, 0.2) is 18.2 Å². The molecule has 28 heavy (non-hydrogen) atoms. The molecule has 2 heterocycles. The van der Waals surface area contributed by atoms with E-state index in [1.807, 2.05) is 12.1 Å². The summed E-state index contributed by atoms with van der Waals surface area (Å²) in [5, 5.41) is 5.85. The third-order valence-electron chi connectivity index (χ3n) is 5.95. The summed E-state index contributed by atoms with van der Waals surface area (Å²) in [6, 6.07) is 5.34. The molecule has 1 aromatic rings. The van der Waals surface area contributed by atoms with Crippen LogP contribution in [0.1, 0.15) is 61.4 Å². The van der Waals surface area contributed by atoms with Gasteiger partial charge in [0, 0.05) is 24.6 Å². The van der Waals surface area contributed by atoms with Gasteiger partial charge in [0.25, 0.3) is 5.91 Å². The van der Waals surface area contributed by atoms with E-state index in [1.165, 1.54) is 12.8 Å². The second kappa shape index (κ2) is 7.91. The first-order chi connectivity index (χ1) is 13.6. The highest BCUT2D eigenvalue weighted by Crippen LogP contribution is 2.31. The average molecular weight is 385 g/mol. The Morgan fingerprint density at radius 1 is 1.18 bits per heavy atom. The summed E-state index contributed by atoms with van der Waals surface area (Å²) in [6.45, 7) is 3.40. The maximum Gasteiger partial charge on any atom is 0.255 e. The van der Waals surface area contributed by atoms with Crippen molar-refractivity contribution in [2.45, 2.75) is 70.2 Å². The minimum Gasteiger partial charge on any atom is -0.489 e. The molecule has 7 heteroatoms. The molecule has 3 aliphatic rings. The highest BCUT2D eigenvalue weighted by atomic mass is 16.5. The lowest BCUT2D eigenvalue weighted by atomic mass is 9.92. The second-order valence-corrected chi connectivity index (χ2v) is 7.82. The quantitative estimate of drug-likeness (QED) is 0.754. The molecule has 2 N–H and O–H groups in total. The van der Waals surface area contributed by atoms with Gasteiger partial charge in [-0.25, -0.2) is 0 Å². The van der Waals surface area contributed by atoms with Gasteiger partial charge in [-0.2, -0.15) is 0 Å². The number of hydrogen-bond acceptors (Lipinski definition) is 5. The molecule has 150 valence electrons. The van der Waals surface area contributed by atoms with Crippen LogP contribution in [0.3, 0.4) is 0 Å². The van der Waals surface area contributed by atoms with Crippen molar-refractivity contribution in [3.63, 3.8) is 0 Å². The first-order valence-corrected chi connectivity index (χ1v) is 10.2. The lowest BCUT2D eigenvalue weighted by molar-refractivity contribution is -0.136. The van der Waals surface area contributed by atoms with Crippen LogP contribution in [0.4, 0.5) is 0 Å². The topological polar surface area (TPSA) is 87.7 Å². The van der Waals surface area contributed by atoms with E-state index >= 15 is 0 Å². The zero-order chi connectivity index (χ0) is 19.7. The zero-order valence-electron chi connectivity index (χ0n) is 16.2. The van der Waals surface area contributed by atoms with Crippen molar-refractivity contribution >= 4 is 17.7 Å². The van der Waals surface area contributed by atoms with Crippen LogP contribution in [0.25, 0.3) is 0 Å². The molecule has 3 atom stereocenters. The molecule has 1 saturated carbocycles. The Balaban J connectivity index is 1.48. The van der Waals surface area contributed by atoms with Crippen molar-refractivity contribution in [1.82, 2.24) is 15.5 Å². The Hall–Kier alpha value is -2.41. The van der Waals surface area contributed by atoms with Gasteiger partial charge in [-0.05, 0) is 56.0 Å². The van der Waals surface area contributed by atoms with E-state index in [9.17, 15) is 14.4 Å². The molecule has 3 amide bonds. The van der Waals surface area contributed by atoms with Crippen molar-refractivity contribution in [1.29, 1.82) is 0 Å². The number of amides is 3. The standard InChI is InChI=1S/C21H27N3O4/c1-2-22-16-5-3-4-6-18(16)28-14-7-8-15-13(11-14)12-24(21(15)27)17-9-10-19(25)23-20(17)26/h7-8,11,16-18,22H,2-6,9-10,12H2,1H3,(H,23,25,26)/t16-,17?,18+/m0/s1. The predicted molar refractivity (Wildman–Crippen MR) is 103 cm³/mol. The molecule has 2 fully saturated rings. The fourth-order valence-electron chi connectivity index (χ4n) is 4.53. The van der Waals surface area contributed by atoms with Crippen LogP contribution in [0, 0.1) is 0 Å². The lowest BCUT2D eigenvalue weighted by Crippen LogP contribution is -2.52. The van der Waals surface area contributed by atoms with Gasteiger partial charge in [0.1, 0.15) is 17.9 Å². The van der Waals surface area contributed by atoms with Crippen molar-refractivity contribution < 1.29 is 19.1 Å². The molecule has 2 aliphatic heterocycles. The summed E-state index contributed by atoms with van der Waals surface area (Å²) in [5.41, 5.74) is 1.49. The summed E-state index contributed by atoms with van der Waals surface area (Å²) in [7, 11) is 0. The van der Waals surface area contributed by atoms with Gasteiger partial charge in [-0.15, -0.1) is 0 Å². The third kappa shape index (κ3) is 3.63. The molecule has 0 spiro atoms. The Morgan fingerprint density at radius 3 is 2.79 bits per heavy atom. The summed E-state index contributed by atoms with van der Waals surface area (Å²) in [4.78, 5) is 37.9. The molecular weight excluding hydrogens is 358 g/mol. The van der Waals surface area contributed by atoms with E-state index in [-0.39, 0.29) is 30.2 Å². The number of hydrogen-bond donors (Lipinski definition) is 2. The van der Waals surface area contributed by atoms with Crippen molar-refractivity contribution in [3.05, 3.63) is 29.3 Å². The average Bonchev–Trinajstić information content (AvgIpc) is 2.99. The summed E-state index contributed by atoms with van der Waals surface area (Å²) in [5.74, 6) is -0.0425. The van der Waals surface area contributed by atoms with E-state index in [4.69, 9.17) is 4.74 Å². The molecule has 1 saturated heterocycles. The number of nitrogens with zero attached hydrogens (tertiary/aromatic N) is 1. The van der Waals surface area contributed by atoms with Gasteiger partial charge in [-0.1, -0.05) is 13.3 Å². The van der Waals surface area contributed by atoms with Crippen LogP contribution in [0.5, 0.6) is 5.75 Å². The monoisotopic (exact) mass is 385 g/mol. The van der Waals surface area contributed by atoms with E-state index in [1.54, 1.807) is 11.0 Å². The van der Waals surface area contributed by atoms with Crippen molar-refractivity contribution in [2.75, 3.05) is 6.54 Å². The summed E-state index contributed by atoms with van der Waals surface area (Å²) >= 11 is 0. The SMILES string of the molecule is CCN[C@H]1CCCC[C@H]1Oc1ccc2c(c1)CN(C1CCC(=O)NC1=O)C2=O. The minimum absolute atomic E-state index is 0.134. The van der Waals surface area contributed by atoms with Crippen LogP contribution in [0.2, 0.25) is 0 Å². The van der Waals surface area contributed by atoms with E-state index in [2.05, 4.69) is 17.6 Å². The van der Waals surface area contributed by atoms with Crippen LogP contribution < -0.4 is 15.4 Å². The first kappa shape index (κ1) is 18.9. The van der Waals surface area contributed by atoms with Crippen molar-refractivity contribution in [3.8, 4) is 5.75 Å². The highest BCUT2D eigenvalue weighted by molar-refractivity contribution is 6.05. The highest BCUT2D eigenvalue weighted by Gasteiger charge is 2.39. The summed E-state index contributed by atoms with van der Waals surface area (Å²) < 4.78 is 6.28. The molecule has 0 bridgehead atoms. The van der Waals surface area contributed by atoms with Gasteiger partial charge in [0.2, 0.25) is 11.8 Å². The number of fused-ring (bicyclic) bond motifs is 1. The molecule has 4 rings (SSSR count). The van der Waals surface area contributed by atoms with Crippen LogP contribution >= 0.6 is 0 Å². The lowest BCUT2D eigenvalue weighted by Gasteiger charge is -2.32. The molecule has 0 radical (unpaired) electrons. The van der Waals surface area contributed by atoms with E-state index in [0.717, 1.165) is 30.7 Å². The smallest absolute Gasteiger partial charge is 0.255 e. The second-order valence-electron chi connectivity index (χ2n) is 7.82. The largest absolute Gasteiger partial charge is 0.489 e. The number of nitrogens with one attached hydrogen (secondary N) is 2. The van der Waals surface area contributed by atoms with Crippen molar-refractivity contribution in [2.24, 2.45) is 0 Å². The van der Waals surface area contributed by atoms with Crippen LogP contribution in [-0.2, 0) is 16.1 Å². The number of benzene rings is 1. The Morgan fingerprint density at radius 2 is 2.00 bits per heavy atom. The van der Waals surface area contributed by atoms with Gasteiger partial charge < -0.3 is 15.0 Å². The Kier molecular flexibility index (Phi) is 5.35. The molecule has 1 unspecified atom stereocenters. The van der Waals surface area contributed by atoms with E-state index < -0.39 is 6.04 Å². The zero-order valence-corrected chi connectivity index (χ0v) is 16.2. The van der Waals surface area contributed by atoms with Gasteiger partial charge >= 0.3 is 0 Å². The number of carbonyl (C=O) groups is 3. The number of likely N-dealkylation sites (N-methyl/N-ethyl adjacent to an activating group) is 1. The number of ether oxygens (including phenoxy) is 1. The van der Waals surface area contributed by atoms with Crippen LogP contribution in [-0.4, -0.2) is 47.4 Å². The molecule has 1 aliphatic carbocycles. The minimum atomic E-state index is -0.585.